The normalized spacial score (nSPS) is 18.7. The molecule has 1 atom stereocenters. The van der Waals surface area contributed by atoms with Crippen LogP contribution < -0.4 is 10.1 Å². The topological polar surface area (TPSA) is 54.8 Å². The van der Waals surface area contributed by atoms with Gasteiger partial charge in [0.15, 0.2) is 0 Å². The predicted molar refractivity (Wildman–Crippen MR) is 204 cm³/mol. The van der Waals surface area contributed by atoms with Crippen LogP contribution >= 0.6 is 0 Å². The molecule has 1 N–H and O–H groups in total. The smallest absolute Gasteiger partial charge is 0.124 e. The van der Waals surface area contributed by atoms with Crippen LogP contribution in [0.25, 0.3) is 5.57 Å². The van der Waals surface area contributed by atoms with Crippen LogP contribution in [0.3, 0.4) is 0 Å². The molecule has 1 aliphatic carbocycles. The van der Waals surface area contributed by atoms with Gasteiger partial charge < -0.3 is 15.0 Å². The number of nitriles is 1. The van der Waals surface area contributed by atoms with E-state index < -0.39 is 0 Å². The Labute approximate surface area is 296 Å². The van der Waals surface area contributed by atoms with E-state index in [0.29, 0.717) is 12.3 Å². The third kappa shape index (κ3) is 8.00. The second-order valence-corrected chi connectivity index (χ2v) is 14.9. The van der Waals surface area contributed by atoms with Crippen LogP contribution in [0, 0.1) is 24.2 Å². The first kappa shape index (κ1) is 36.5. The highest BCUT2D eigenvalue weighted by atomic mass is 16.5. The molecule has 262 valence electrons. The van der Waals surface area contributed by atoms with Gasteiger partial charge in [-0.25, -0.2) is 0 Å². The molecule has 6 heteroatoms. The van der Waals surface area contributed by atoms with E-state index in [4.69, 9.17) is 4.74 Å². The monoisotopic (exact) mass is 661 g/mol. The molecule has 1 spiro atoms. The fraction of sp³-hybridized carbons (Fsp3) is 0.512. The van der Waals surface area contributed by atoms with Gasteiger partial charge in [0.25, 0.3) is 0 Å². The molecule has 0 aromatic heterocycles. The van der Waals surface area contributed by atoms with Gasteiger partial charge in [0.1, 0.15) is 5.75 Å². The maximum atomic E-state index is 9.70. The summed E-state index contributed by atoms with van der Waals surface area (Å²) in [5, 5.41) is 13.2. The molecule has 1 unspecified atom stereocenters. The van der Waals surface area contributed by atoms with Crippen LogP contribution in [-0.2, 0) is 19.5 Å². The van der Waals surface area contributed by atoms with Gasteiger partial charge in [-0.3, -0.25) is 9.80 Å². The number of piperazine rings is 1. The number of rotatable bonds is 14. The molecule has 2 heterocycles. The average Bonchev–Trinajstić information content (AvgIpc) is 3.85. The van der Waals surface area contributed by atoms with Crippen molar-refractivity contribution >= 4 is 5.57 Å². The fourth-order valence-corrected chi connectivity index (χ4v) is 7.93. The standard InChI is InChI=1S/C43H59N5O/c1-10-11-20-45-21-16-38-35(13-12-14-39(38)37(15-19-44)30(2)3)26-47-22-23-48(43(29-47)17-18-43)28-40-31(4)24-36(25-42(40)49-9)41-27-46(8)34(7)32(5)33(41)6/h11-14,20,24-25,27,30,37,45H,7,10,15-18,21-23,26,28-29H2,1-6,8-9H3/b20-11+. The predicted octanol–water partition coefficient (Wildman–Crippen LogP) is 8.70. The third-order valence-corrected chi connectivity index (χ3v) is 11.4. The van der Waals surface area contributed by atoms with Gasteiger partial charge in [0.2, 0.25) is 0 Å². The summed E-state index contributed by atoms with van der Waals surface area (Å²) in [6.45, 7) is 23.5. The Kier molecular flexibility index (Phi) is 11.8. The molecule has 2 aromatic carbocycles. The molecule has 0 radical (unpaired) electrons. The first-order valence-electron chi connectivity index (χ1n) is 18.4. The first-order chi connectivity index (χ1) is 23.5. The van der Waals surface area contributed by atoms with E-state index in [2.05, 4.69) is 130 Å². The fourth-order valence-electron chi connectivity index (χ4n) is 7.93. The SMILES string of the molecule is C=C1C(C)=C(C)C(c2cc(C)c(CN3CCN(Cc4cccc(C(CC#N)C(C)C)c4CCN/C=C/CC)CC34CC4)c(OC)c2)=CN1C. The molecule has 2 aliphatic heterocycles. The van der Waals surface area contributed by atoms with E-state index in [-0.39, 0.29) is 11.5 Å². The molecule has 1 saturated carbocycles. The highest BCUT2D eigenvalue weighted by molar-refractivity contribution is 5.82. The largest absolute Gasteiger partial charge is 0.496 e. The van der Waals surface area contributed by atoms with Crippen molar-refractivity contribution in [1.29, 1.82) is 5.26 Å². The minimum atomic E-state index is 0.228. The summed E-state index contributed by atoms with van der Waals surface area (Å²) in [5.41, 5.74) is 13.0. The number of aryl methyl sites for hydroxylation is 1. The second-order valence-electron chi connectivity index (χ2n) is 14.9. The Bertz CT molecular complexity index is 1650. The van der Waals surface area contributed by atoms with Crippen molar-refractivity contribution in [2.75, 3.05) is 40.3 Å². The van der Waals surface area contributed by atoms with E-state index in [1.54, 1.807) is 0 Å². The lowest BCUT2D eigenvalue weighted by molar-refractivity contribution is 0.0482. The van der Waals surface area contributed by atoms with Crippen LogP contribution in [0.2, 0.25) is 0 Å². The van der Waals surface area contributed by atoms with Crippen molar-refractivity contribution in [1.82, 2.24) is 20.0 Å². The summed E-state index contributed by atoms with van der Waals surface area (Å²) in [6.07, 6.45) is 11.5. The van der Waals surface area contributed by atoms with Crippen LogP contribution in [0.15, 0.2) is 72.2 Å². The van der Waals surface area contributed by atoms with Gasteiger partial charge >= 0.3 is 0 Å². The first-order valence-corrected chi connectivity index (χ1v) is 18.4. The summed E-state index contributed by atoms with van der Waals surface area (Å²) >= 11 is 0. The number of ether oxygens (including phenoxy) is 1. The molecule has 0 bridgehead atoms. The molecule has 6 nitrogen and oxygen atoms in total. The van der Waals surface area contributed by atoms with E-state index in [9.17, 15) is 5.26 Å². The minimum absolute atomic E-state index is 0.228. The number of hydrogen-bond acceptors (Lipinski definition) is 6. The van der Waals surface area contributed by atoms with E-state index in [0.717, 1.165) is 63.6 Å². The van der Waals surface area contributed by atoms with Crippen molar-refractivity contribution in [2.24, 2.45) is 5.92 Å². The highest BCUT2D eigenvalue weighted by Crippen LogP contribution is 2.46. The third-order valence-electron chi connectivity index (χ3n) is 11.4. The number of nitrogens with zero attached hydrogens (tertiary/aromatic N) is 4. The molecule has 1 saturated heterocycles. The molecule has 0 amide bonds. The van der Waals surface area contributed by atoms with Crippen molar-refractivity contribution in [3.63, 3.8) is 0 Å². The Morgan fingerprint density at radius 1 is 1.08 bits per heavy atom. The molecule has 5 rings (SSSR count). The molecule has 49 heavy (non-hydrogen) atoms. The number of likely N-dealkylation sites (N-methyl/N-ethyl adjacent to an activating group) is 1. The van der Waals surface area contributed by atoms with Crippen LogP contribution in [0.1, 0.15) is 99.6 Å². The maximum absolute atomic E-state index is 9.70. The van der Waals surface area contributed by atoms with Gasteiger partial charge in [0.05, 0.1) is 13.2 Å². The number of allylic oxidation sites excluding steroid dienone is 4. The Morgan fingerprint density at radius 3 is 2.53 bits per heavy atom. The zero-order valence-corrected chi connectivity index (χ0v) is 31.5. The Morgan fingerprint density at radius 2 is 1.86 bits per heavy atom. The lowest BCUT2D eigenvalue weighted by Crippen LogP contribution is -2.54. The lowest BCUT2D eigenvalue weighted by Gasteiger charge is -2.43. The van der Waals surface area contributed by atoms with E-state index in [1.165, 1.54) is 62.9 Å². The summed E-state index contributed by atoms with van der Waals surface area (Å²) in [4.78, 5) is 7.56. The number of hydrogen-bond donors (Lipinski definition) is 1. The maximum Gasteiger partial charge on any atom is 0.124 e. The van der Waals surface area contributed by atoms with Crippen LogP contribution in [0.4, 0.5) is 0 Å². The van der Waals surface area contributed by atoms with Crippen molar-refractivity contribution in [3.8, 4) is 11.8 Å². The van der Waals surface area contributed by atoms with Gasteiger partial charge in [-0.1, -0.05) is 57.7 Å². The zero-order valence-electron chi connectivity index (χ0n) is 31.5. The van der Waals surface area contributed by atoms with Crippen LogP contribution in [0.5, 0.6) is 5.75 Å². The van der Waals surface area contributed by atoms with Crippen molar-refractivity contribution in [2.45, 2.75) is 98.2 Å². The number of benzene rings is 2. The average molecular weight is 662 g/mol. The van der Waals surface area contributed by atoms with E-state index in [1.807, 2.05) is 7.11 Å². The highest BCUT2D eigenvalue weighted by Gasteiger charge is 2.51. The molecular formula is C43H59N5O. The quantitative estimate of drug-likeness (QED) is 0.205. The van der Waals surface area contributed by atoms with Gasteiger partial charge in [-0.2, -0.15) is 5.26 Å². The summed E-state index contributed by atoms with van der Waals surface area (Å²) in [7, 11) is 3.88. The van der Waals surface area contributed by atoms with Gasteiger partial charge in [0, 0.05) is 81.3 Å². The molecule has 3 aliphatic rings. The molecule has 2 fully saturated rings. The minimum Gasteiger partial charge on any atom is -0.496 e. The van der Waals surface area contributed by atoms with Gasteiger partial charge in [-0.15, -0.1) is 0 Å². The summed E-state index contributed by atoms with van der Waals surface area (Å²) < 4.78 is 6.09. The summed E-state index contributed by atoms with van der Waals surface area (Å²) in [6, 6.07) is 13.9. The summed E-state index contributed by atoms with van der Waals surface area (Å²) in [5.74, 6) is 1.65. The molecule has 2 aromatic rings. The van der Waals surface area contributed by atoms with Crippen LogP contribution in [-0.4, -0.2) is 60.6 Å². The van der Waals surface area contributed by atoms with Crippen molar-refractivity contribution < 1.29 is 4.74 Å². The number of methoxy groups -OCH3 is 1. The van der Waals surface area contributed by atoms with Crippen molar-refractivity contribution in [3.05, 3.63) is 106 Å². The number of nitrogens with one attached hydrogen (secondary N) is 1. The zero-order chi connectivity index (χ0) is 35.3. The Hall–Kier alpha value is -3.79. The second kappa shape index (κ2) is 15.8. The van der Waals surface area contributed by atoms with Gasteiger partial charge in [-0.05, 0) is 110 Å². The lowest BCUT2D eigenvalue weighted by atomic mass is 9.81. The van der Waals surface area contributed by atoms with E-state index >= 15 is 0 Å². The molecular weight excluding hydrogens is 603 g/mol. The Balaban J connectivity index is 1.34.